The molecule has 0 aromatic rings. The monoisotopic (exact) mass is 186 g/mol. The first-order valence-corrected chi connectivity index (χ1v) is 5.30. The molecule has 78 valence electrons. The van der Waals surface area contributed by atoms with E-state index in [0.717, 1.165) is 32.8 Å². The summed E-state index contributed by atoms with van der Waals surface area (Å²) in [4.78, 5) is 2.44. The number of hydrogen-bond acceptors (Lipinski definition) is 3. The summed E-state index contributed by atoms with van der Waals surface area (Å²) in [6.45, 7) is 11.7. The topological polar surface area (TPSA) is 24.5 Å². The van der Waals surface area contributed by atoms with E-state index in [2.05, 4.69) is 31.0 Å². The van der Waals surface area contributed by atoms with Crippen LogP contribution in [0.5, 0.6) is 0 Å². The molecule has 0 aromatic heterocycles. The van der Waals surface area contributed by atoms with Gasteiger partial charge in [0.2, 0.25) is 0 Å². The van der Waals surface area contributed by atoms with E-state index in [1.807, 2.05) is 0 Å². The number of hydrogen-bond donors (Lipinski definition) is 1. The van der Waals surface area contributed by atoms with E-state index in [4.69, 9.17) is 4.74 Å². The minimum absolute atomic E-state index is 0.385. The molecule has 0 aromatic carbocycles. The summed E-state index contributed by atoms with van der Waals surface area (Å²) in [5.74, 6) is 0. The molecule has 1 saturated heterocycles. The Morgan fingerprint density at radius 2 is 2.31 bits per heavy atom. The quantitative estimate of drug-likeness (QED) is 0.699. The van der Waals surface area contributed by atoms with Gasteiger partial charge in [-0.15, -0.1) is 0 Å². The van der Waals surface area contributed by atoms with Crippen molar-refractivity contribution in [3.63, 3.8) is 0 Å². The van der Waals surface area contributed by atoms with Gasteiger partial charge in [0.05, 0.1) is 12.7 Å². The van der Waals surface area contributed by atoms with Gasteiger partial charge in [0.1, 0.15) is 0 Å². The number of nitrogens with one attached hydrogen (secondary N) is 1. The highest BCUT2D eigenvalue weighted by Gasteiger charge is 2.17. The van der Waals surface area contributed by atoms with Crippen molar-refractivity contribution in [2.45, 2.75) is 32.9 Å². The van der Waals surface area contributed by atoms with Gasteiger partial charge in [0, 0.05) is 25.7 Å². The van der Waals surface area contributed by atoms with Crippen molar-refractivity contribution in [1.29, 1.82) is 0 Å². The van der Waals surface area contributed by atoms with Gasteiger partial charge in [-0.25, -0.2) is 0 Å². The molecule has 1 fully saturated rings. The Morgan fingerprint density at radius 3 is 2.77 bits per heavy atom. The van der Waals surface area contributed by atoms with Crippen LogP contribution in [0.2, 0.25) is 0 Å². The Morgan fingerprint density at radius 1 is 1.54 bits per heavy atom. The van der Waals surface area contributed by atoms with Gasteiger partial charge in [0.25, 0.3) is 0 Å². The SMILES string of the molecule is CCN(CC1CNCCO1)C(C)C. The highest BCUT2D eigenvalue weighted by atomic mass is 16.5. The van der Waals surface area contributed by atoms with Crippen LogP contribution in [0.4, 0.5) is 0 Å². The van der Waals surface area contributed by atoms with Crippen LogP contribution in [0.25, 0.3) is 0 Å². The maximum atomic E-state index is 5.66. The van der Waals surface area contributed by atoms with Crippen molar-refractivity contribution >= 4 is 0 Å². The normalized spacial score (nSPS) is 24.2. The van der Waals surface area contributed by atoms with Crippen LogP contribution in [0, 0.1) is 0 Å². The first kappa shape index (κ1) is 11.0. The van der Waals surface area contributed by atoms with Gasteiger partial charge in [-0.05, 0) is 20.4 Å². The van der Waals surface area contributed by atoms with Crippen LogP contribution in [-0.2, 0) is 4.74 Å². The molecule has 1 heterocycles. The molecule has 0 amide bonds. The van der Waals surface area contributed by atoms with Crippen molar-refractivity contribution in [3.8, 4) is 0 Å². The lowest BCUT2D eigenvalue weighted by Gasteiger charge is -2.31. The third kappa shape index (κ3) is 3.63. The van der Waals surface area contributed by atoms with Crippen LogP contribution < -0.4 is 5.32 Å². The number of rotatable bonds is 4. The fraction of sp³-hybridized carbons (Fsp3) is 1.00. The Kier molecular flexibility index (Phi) is 4.70. The van der Waals surface area contributed by atoms with Crippen LogP contribution >= 0.6 is 0 Å². The lowest BCUT2D eigenvalue weighted by Crippen LogP contribution is -2.46. The Bertz CT molecular complexity index is 133. The maximum Gasteiger partial charge on any atom is 0.0826 e. The zero-order valence-electron chi connectivity index (χ0n) is 9.05. The number of nitrogens with zero attached hydrogens (tertiary/aromatic N) is 1. The molecule has 1 unspecified atom stereocenters. The van der Waals surface area contributed by atoms with E-state index in [1.165, 1.54) is 0 Å². The molecule has 1 rings (SSSR count). The third-order valence-corrected chi connectivity index (χ3v) is 2.58. The van der Waals surface area contributed by atoms with Crippen LogP contribution in [0.1, 0.15) is 20.8 Å². The van der Waals surface area contributed by atoms with E-state index < -0.39 is 0 Å². The molecule has 0 radical (unpaired) electrons. The minimum Gasteiger partial charge on any atom is -0.374 e. The largest absolute Gasteiger partial charge is 0.374 e. The predicted molar refractivity (Wildman–Crippen MR) is 55.0 cm³/mol. The van der Waals surface area contributed by atoms with Gasteiger partial charge in [-0.1, -0.05) is 6.92 Å². The third-order valence-electron chi connectivity index (χ3n) is 2.58. The maximum absolute atomic E-state index is 5.66. The molecular formula is C10H22N2O. The smallest absolute Gasteiger partial charge is 0.0826 e. The molecule has 3 heteroatoms. The second-order valence-corrected chi connectivity index (χ2v) is 3.88. The van der Waals surface area contributed by atoms with Crippen molar-refractivity contribution in [2.75, 3.05) is 32.8 Å². The van der Waals surface area contributed by atoms with E-state index in [1.54, 1.807) is 0 Å². The Hall–Kier alpha value is -0.120. The zero-order valence-corrected chi connectivity index (χ0v) is 9.05. The minimum atomic E-state index is 0.385. The second kappa shape index (κ2) is 5.58. The van der Waals surface area contributed by atoms with Crippen LogP contribution in [-0.4, -0.2) is 49.8 Å². The molecule has 0 spiro atoms. The van der Waals surface area contributed by atoms with Gasteiger partial charge < -0.3 is 10.1 Å². The lowest BCUT2D eigenvalue weighted by atomic mass is 10.2. The predicted octanol–water partition coefficient (Wildman–Crippen LogP) is 0.705. The van der Waals surface area contributed by atoms with Crippen molar-refractivity contribution in [2.24, 2.45) is 0 Å². The number of ether oxygens (including phenoxy) is 1. The average molecular weight is 186 g/mol. The highest BCUT2D eigenvalue weighted by Crippen LogP contribution is 2.03. The fourth-order valence-electron chi connectivity index (χ4n) is 1.70. The standard InChI is InChI=1S/C10H22N2O/c1-4-12(9(2)3)8-10-7-11-5-6-13-10/h9-11H,4-8H2,1-3H3. The molecule has 1 atom stereocenters. The van der Waals surface area contributed by atoms with Gasteiger partial charge in [-0.2, -0.15) is 0 Å². The van der Waals surface area contributed by atoms with Gasteiger partial charge in [-0.3, -0.25) is 4.90 Å². The summed E-state index contributed by atoms with van der Waals surface area (Å²) >= 11 is 0. The van der Waals surface area contributed by atoms with Gasteiger partial charge in [0.15, 0.2) is 0 Å². The molecular weight excluding hydrogens is 164 g/mol. The van der Waals surface area contributed by atoms with Crippen LogP contribution in [0.15, 0.2) is 0 Å². The average Bonchev–Trinajstić information content (AvgIpc) is 2.15. The Balaban J connectivity index is 2.27. The molecule has 1 aliphatic rings. The first-order chi connectivity index (χ1) is 6.24. The zero-order chi connectivity index (χ0) is 9.68. The first-order valence-electron chi connectivity index (χ1n) is 5.30. The van der Waals surface area contributed by atoms with E-state index in [9.17, 15) is 0 Å². The Labute approximate surface area is 81.4 Å². The lowest BCUT2D eigenvalue weighted by molar-refractivity contribution is 0.000825. The van der Waals surface area contributed by atoms with Crippen molar-refractivity contribution in [3.05, 3.63) is 0 Å². The van der Waals surface area contributed by atoms with Crippen molar-refractivity contribution < 1.29 is 4.74 Å². The summed E-state index contributed by atoms with van der Waals surface area (Å²) in [6, 6.07) is 0.621. The molecule has 3 nitrogen and oxygen atoms in total. The van der Waals surface area contributed by atoms with Gasteiger partial charge >= 0.3 is 0 Å². The second-order valence-electron chi connectivity index (χ2n) is 3.88. The highest BCUT2D eigenvalue weighted by molar-refractivity contribution is 4.73. The molecule has 0 bridgehead atoms. The summed E-state index contributed by atoms with van der Waals surface area (Å²) in [5.41, 5.74) is 0. The summed E-state index contributed by atoms with van der Waals surface area (Å²) < 4.78 is 5.66. The van der Waals surface area contributed by atoms with E-state index >= 15 is 0 Å². The molecule has 0 aliphatic carbocycles. The molecule has 0 saturated carbocycles. The number of likely N-dealkylation sites (N-methyl/N-ethyl adjacent to an activating group) is 1. The number of morpholine rings is 1. The van der Waals surface area contributed by atoms with E-state index in [0.29, 0.717) is 12.1 Å². The van der Waals surface area contributed by atoms with Crippen molar-refractivity contribution in [1.82, 2.24) is 10.2 Å². The van der Waals surface area contributed by atoms with Crippen LogP contribution in [0.3, 0.4) is 0 Å². The fourth-order valence-corrected chi connectivity index (χ4v) is 1.70. The molecule has 1 N–H and O–H groups in total. The summed E-state index contributed by atoms with van der Waals surface area (Å²) in [7, 11) is 0. The van der Waals surface area contributed by atoms with E-state index in [-0.39, 0.29) is 0 Å². The molecule has 13 heavy (non-hydrogen) atoms. The molecule has 1 aliphatic heterocycles. The summed E-state index contributed by atoms with van der Waals surface area (Å²) in [6.07, 6.45) is 0.385. The summed E-state index contributed by atoms with van der Waals surface area (Å²) in [5, 5.41) is 3.35.